The van der Waals surface area contributed by atoms with Crippen LogP contribution in [-0.4, -0.2) is 92.9 Å². The molecule has 0 unspecified atom stereocenters. The lowest BCUT2D eigenvalue weighted by Crippen LogP contribution is -2.60. The average Bonchev–Trinajstić information content (AvgIpc) is 2.65. The molecule has 0 spiro atoms. The Kier molecular flexibility index (Phi) is 7.15. The zero-order valence-corrected chi connectivity index (χ0v) is 14.0. The molecular weight excluding hydrogens is 352 g/mol. The minimum atomic E-state index is -1.66. The minimum Gasteiger partial charge on any atom is -0.504 e. The Hall–Kier alpha value is -1.50. The summed E-state index contributed by atoms with van der Waals surface area (Å²) in [7, 11) is 1.33. The highest BCUT2D eigenvalue weighted by molar-refractivity contribution is 5.42. The van der Waals surface area contributed by atoms with Crippen molar-refractivity contribution < 1.29 is 50.0 Å². The van der Waals surface area contributed by atoms with Crippen LogP contribution in [0.25, 0.3) is 0 Å². The lowest BCUT2D eigenvalue weighted by Gasteiger charge is -2.41. The zero-order valence-electron chi connectivity index (χ0n) is 14.0. The highest BCUT2D eigenvalue weighted by atomic mass is 16.7. The molecule has 7 atom stereocenters. The van der Waals surface area contributed by atoms with Gasteiger partial charge in [0.2, 0.25) is 0 Å². The fourth-order valence-electron chi connectivity index (χ4n) is 2.66. The number of phenols is 1. The third kappa shape index (κ3) is 4.24. The SMILES string of the molecule is COc1cc([C@@H](O)[C@H](CO)O[C@@H]2O[C@H](CO)[C@@H](O)[C@H](O)[C@H]2O)ccc1O. The van der Waals surface area contributed by atoms with E-state index in [0.29, 0.717) is 0 Å². The zero-order chi connectivity index (χ0) is 19.4. The molecule has 1 aromatic rings. The summed E-state index contributed by atoms with van der Waals surface area (Å²) < 4.78 is 15.5. The number of aliphatic hydroxyl groups is 6. The highest BCUT2D eigenvalue weighted by Crippen LogP contribution is 2.32. The molecule has 10 heteroatoms. The average molecular weight is 376 g/mol. The van der Waals surface area contributed by atoms with Crippen LogP contribution >= 0.6 is 0 Å². The fourth-order valence-corrected chi connectivity index (χ4v) is 2.66. The molecule has 0 radical (unpaired) electrons. The molecule has 26 heavy (non-hydrogen) atoms. The van der Waals surface area contributed by atoms with E-state index in [1.54, 1.807) is 0 Å². The van der Waals surface area contributed by atoms with Gasteiger partial charge >= 0.3 is 0 Å². The van der Waals surface area contributed by atoms with Gasteiger partial charge in [-0.1, -0.05) is 6.07 Å². The van der Waals surface area contributed by atoms with E-state index >= 15 is 0 Å². The molecule has 1 aliphatic rings. The molecule has 1 heterocycles. The van der Waals surface area contributed by atoms with Crippen molar-refractivity contribution in [1.82, 2.24) is 0 Å². The molecule has 1 aliphatic heterocycles. The predicted molar refractivity (Wildman–Crippen MR) is 85.3 cm³/mol. The van der Waals surface area contributed by atoms with Crippen LogP contribution < -0.4 is 4.74 Å². The summed E-state index contributed by atoms with van der Waals surface area (Å²) in [6, 6.07) is 4.03. The third-order valence-corrected chi connectivity index (χ3v) is 4.23. The number of hydrogen-bond donors (Lipinski definition) is 7. The van der Waals surface area contributed by atoms with Crippen LogP contribution in [0.2, 0.25) is 0 Å². The Bertz CT molecular complexity index is 580. The summed E-state index contributed by atoms with van der Waals surface area (Å²) in [6.07, 6.45) is -10.2. The molecule has 148 valence electrons. The van der Waals surface area contributed by atoms with Crippen LogP contribution in [0.1, 0.15) is 11.7 Å². The van der Waals surface area contributed by atoms with Crippen molar-refractivity contribution in [2.24, 2.45) is 0 Å². The van der Waals surface area contributed by atoms with E-state index in [-0.39, 0.29) is 17.1 Å². The monoisotopic (exact) mass is 376 g/mol. The summed E-state index contributed by atoms with van der Waals surface area (Å²) in [4.78, 5) is 0. The summed E-state index contributed by atoms with van der Waals surface area (Å²) in [5.74, 6) is -0.0371. The first-order valence-electron chi connectivity index (χ1n) is 7.95. The topological polar surface area (TPSA) is 169 Å². The maximum atomic E-state index is 10.4. The molecule has 0 saturated carbocycles. The number of rotatable bonds is 7. The van der Waals surface area contributed by atoms with E-state index < -0.39 is 56.1 Å². The maximum absolute atomic E-state index is 10.4. The third-order valence-electron chi connectivity index (χ3n) is 4.23. The number of methoxy groups -OCH3 is 1. The first kappa shape index (κ1) is 20.8. The van der Waals surface area contributed by atoms with Gasteiger partial charge in [0.05, 0.1) is 20.3 Å². The second kappa shape index (κ2) is 8.93. The summed E-state index contributed by atoms with van der Waals surface area (Å²) in [5, 5.41) is 68.2. The minimum absolute atomic E-state index is 0.103. The van der Waals surface area contributed by atoms with Crippen molar-refractivity contribution in [2.75, 3.05) is 20.3 Å². The smallest absolute Gasteiger partial charge is 0.187 e. The van der Waals surface area contributed by atoms with Crippen molar-refractivity contribution in [1.29, 1.82) is 0 Å². The van der Waals surface area contributed by atoms with Gasteiger partial charge in [0.25, 0.3) is 0 Å². The molecule has 1 fully saturated rings. The van der Waals surface area contributed by atoms with Gasteiger partial charge < -0.3 is 50.0 Å². The van der Waals surface area contributed by atoms with Gasteiger partial charge in [-0.2, -0.15) is 0 Å². The molecule has 0 bridgehead atoms. The number of benzene rings is 1. The Balaban J connectivity index is 2.15. The Morgan fingerprint density at radius 1 is 1.12 bits per heavy atom. The van der Waals surface area contributed by atoms with E-state index in [1.165, 1.54) is 25.3 Å². The lowest BCUT2D eigenvalue weighted by molar-refractivity contribution is -0.319. The standard InChI is InChI=1S/C16H24O10/c1-24-9-4-7(2-3-8(9)19)12(20)10(5-17)25-16-15(23)14(22)13(21)11(6-18)26-16/h2-4,10-23H,5-6H2,1H3/t10-,11+,12+,13+,14-,15+,16+/m0/s1. The second-order valence-electron chi connectivity index (χ2n) is 5.93. The van der Waals surface area contributed by atoms with Gasteiger partial charge in [-0.15, -0.1) is 0 Å². The maximum Gasteiger partial charge on any atom is 0.187 e. The van der Waals surface area contributed by atoms with Crippen molar-refractivity contribution in [3.05, 3.63) is 23.8 Å². The van der Waals surface area contributed by atoms with Crippen molar-refractivity contribution in [3.63, 3.8) is 0 Å². The molecule has 1 aromatic carbocycles. The Morgan fingerprint density at radius 3 is 2.38 bits per heavy atom. The molecule has 1 saturated heterocycles. The van der Waals surface area contributed by atoms with E-state index in [0.717, 1.165) is 0 Å². The van der Waals surface area contributed by atoms with Crippen molar-refractivity contribution in [2.45, 2.75) is 42.9 Å². The normalized spacial score (nSPS) is 31.4. The number of ether oxygens (including phenoxy) is 3. The Morgan fingerprint density at radius 2 is 1.81 bits per heavy atom. The molecule has 2 rings (SSSR count). The summed E-state index contributed by atoms with van der Waals surface area (Å²) in [6.45, 7) is -1.30. The van der Waals surface area contributed by atoms with Crippen LogP contribution in [0.3, 0.4) is 0 Å². The van der Waals surface area contributed by atoms with Crippen LogP contribution in [0.15, 0.2) is 18.2 Å². The van der Waals surface area contributed by atoms with Crippen molar-refractivity contribution >= 4 is 0 Å². The number of hydrogen-bond acceptors (Lipinski definition) is 10. The molecule has 0 aliphatic carbocycles. The van der Waals surface area contributed by atoms with E-state index in [4.69, 9.17) is 14.2 Å². The first-order valence-corrected chi connectivity index (χ1v) is 7.95. The predicted octanol–water partition coefficient (Wildman–Crippen LogP) is -2.39. The highest BCUT2D eigenvalue weighted by Gasteiger charge is 2.45. The Labute approximate surface area is 149 Å². The van der Waals surface area contributed by atoms with Gasteiger partial charge in [-0.05, 0) is 17.7 Å². The molecule has 0 aromatic heterocycles. The van der Waals surface area contributed by atoms with Crippen LogP contribution in [0.5, 0.6) is 11.5 Å². The molecule has 10 nitrogen and oxygen atoms in total. The molecule has 7 N–H and O–H groups in total. The molecular formula is C16H24O10. The summed E-state index contributed by atoms with van der Waals surface area (Å²) in [5.41, 5.74) is 0.253. The fraction of sp³-hybridized carbons (Fsp3) is 0.625. The van der Waals surface area contributed by atoms with Gasteiger partial charge in [-0.25, -0.2) is 0 Å². The largest absolute Gasteiger partial charge is 0.504 e. The summed E-state index contributed by atoms with van der Waals surface area (Å²) >= 11 is 0. The first-order chi connectivity index (χ1) is 12.3. The van der Waals surface area contributed by atoms with E-state index in [1.807, 2.05) is 0 Å². The number of aliphatic hydroxyl groups excluding tert-OH is 6. The van der Waals surface area contributed by atoms with Crippen LogP contribution in [0, 0.1) is 0 Å². The van der Waals surface area contributed by atoms with Gasteiger partial charge in [0.15, 0.2) is 17.8 Å². The van der Waals surface area contributed by atoms with Gasteiger partial charge in [0, 0.05) is 0 Å². The van der Waals surface area contributed by atoms with Gasteiger partial charge in [-0.3, -0.25) is 0 Å². The lowest BCUT2D eigenvalue weighted by atomic mass is 9.99. The van der Waals surface area contributed by atoms with E-state index in [9.17, 15) is 35.7 Å². The van der Waals surface area contributed by atoms with E-state index in [2.05, 4.69) is 0 Å². The number of phenolic OH excluding ortho intramolecular Hbond substituents is 1. The number of aromatic hydroxyl groups is 1. The van der Waals surface area contributed by atoms with Gasteiger partial charge in [0.1, 0.15) is 36.6 Å². The molecule has 0 amide bonds. The second-order valence-corrected chi connectivity index (χ2v) is 5.93. The van der Waals surface area contributed by atoms with Crippen LogP contribution in [0.4, 0.5) is 0 Å². The van der Waals surface area contributed by atoms with Crippen molar-refractivity contribution in [3.8, 4) is 11.5 Å². The van der Waals surface area contributed by atoms with Crippen LogP contribution in [-0.2, 0) is 9.47 Å². The quantitative estimate of drug-likeness (QED) is 0.272.